The highest BCUT2D eigenvalue weighted by Crippen LogP contribution is 2.44. The molecule has 1 aliphatic heterocycles. The second-order valence-corrected chi connectivity index (χ2v) is 12.1. The van der Waals surface area contributed by atoms with Gasteiger partial charge in [-0.15, -0.1) is 0 Å². The van der Waals surface area contributed by atoms with E-state index in [1.807, 2.05) is 0 Å². The molecule has 1 saturated heterocycles. The summed E-state index contributed by atoms with van der Waals surface area (Å²) in [4.78, 5) is 0. The number of ether oxygens (including phenoxy) is 1. The fourth-order valence-electron chi connectivity index (χ4n) is 5.37. The lowest BCUT2D eigenvalue weighted by Crippen LogP contribution is -2.28. The van der Waals surface area contributed by atoms with Gasteiger partial charge in [0.05, 0.1) is 0 Å². The minimum Gasteiger partial charge on any atom is -0.451 e. The maximum absolute atomic E-state index is 14.2. The van der Waals surface area contributed by atoms with Crippen LogP contribution >= 0.6 is 0 Å². The SMILES string of the molecule is CCC[SiH]1CCC(C2CCC(c3cc(F)c(OC(F)CF)c(F)c3)CC2)CC1. The maximum atomic E-state index is 14.2. The highest BCUT2D eigenvalue weighted by molar-refractivity contribution is 6.58. The molecule has 1 heterocycles. The molecule has 158 valence electrons. The molecule has 1 nitrogen and oxygen atoms in total. The first-order valence-electron chi connectivity index (χ1n) is 10.9. The number of alkyl halides is 2. The van der Waals surface area contributed by atoms with Crippen molar-refractivity contribution in [3.05, 3.63) is 29.3 Å². The topological polar surface area (TPSA) is 9.23 Å². The van der Waals surface area contributed by atoms with Crippen molar-refractivity contribution in [2.45, 2.75) is 82.3 Å². The Bertz CT molecular complexity index is 602. The van der Waals surface area contributed by atoms with Crippen LogP contribution in [-0.2, 0) is 0 Å². The van der Waals surface area contributed by atoms with E-state index in [1.165, 1.54) is 49.5 Å². The average molecular weight is 417 g/mol. The number of halogens is 4. The van der Waals surface area contributed by atoms with Crippen LogP contribution in [-0.4, -0.2) is 21.8 Å². The van der Waals surface area contributed by atoms with Crippen molar-refractivity contribution >= 4 is 8.80 Å². The molecule has 6 heteroatoms. The Morgan fingerprint density at radius 3 is 2.11 bits per heavy atom. The lowest BCUT2D eigenvalue weighted by molar-refractivity contribution is 0.0362. The molecule has 0 N–H and O–H groups in total. The van der Waals surface area contributed by atoms with Crippen molar-refractivity contribution < 1.29 is 22.3 Å². The molecule has 3 rings (SSSR count). The van der Waals surface area contributed by atoms with Gasteiger partial charge in [0.2, 0.25) is 0 Å². The second kappa shape index (κ2) is 10.1. The summed E-state index contributed by atoms with van der Waals surface area (Å²) in [7, 11) is -0.455. The number of hydrogen-bond acceptors (Lipinski definition) is 1. The number of benzene rings is 1. The highest BCUT2D eigenvalue weighted by Gasteiger charge is 2.32. The first-order valence-corrected chi connectivity index (χ1v) is 13.3. The van der Waals surface area contributed by atoms with E-state index in [0.29, 0.717) is 5.56 Å². The third-order valence-corrected chi connectivity index (χ3v) is 10.6. The summed E-state index contributed by atoms with van der Waals surface area (Å²) in [5.41, 5.74) is 0.607. The van der Waals surface area contributed by atoms with E-state index in [0.717, 1.165) is 37.5 Å². The van der Waals surface area contributed by atoms with Gasteiger partial charge in [-0.05, 0) is 61.1 Å². The summed E-state index contributed by atoms with van der Waals surface area (Å²) in [5.74, 6) is -1.01. The van der Waals surface area contributed by atoms with E-state index in [4.69, 9.17) is 0 Å². The van der Waals surface area contributed by atoms with Crippen LogP contribution in [0.25, 0.3) is 0 Å². The number of hydrogen-bond donors (Lipinski definition) is 0. The van der Waals surface area contributed by atoms with E-state index in [9.17, 15) is 17.6 Å². The van der Waals surface area contributed by atoms with Gasteiger partial charge >= 0.3 is 0 Å². The van der Waals surface area contributed by atoms with E-state index in [-0.39, 0.29) is 5.92 Å². The molecule has 0 bridgehead atoms. The predicted octanol–water partition coefficient (Wildman–Crippen LogP) is 6.93. The van der Waals surface area contributed by atoms with Gasteiger partial charge in [-0.2, -0.15) is 4.39 Å². The van der Waals surface area contributed by atoms with Crippen LogP contribution < -0.4 is 4.74 Å². The van der Waals surface area contributed by atoms with E-state index >= 15 is 0 Å². The average Bonchev–Trinajstić information content (AvgIpc) is 2.71. The first-order chi connectivity index (χ1) is 13.5. The van der Waals surface area contributed by atoms with Crippen LogP contribution in [0.5, 0.6) is 5.75 Å². The quantitative estimate of drug-likeness (QED) is 0.346. The third kappa shape index (κ3) is 5.31. The van der Waals surface area contributed by atoms with Gasteiger partial charge in [0.15, 0.2) is 24.1 Å². The Morgan fingerprint density at radius 2 is 1.57 bits per heavy atom. The molecule has 1 aromatic rings. The van der Waals surface area contributed by atoms with Crippen molar-refractivity contribution in [1.82, 2.24) is 0 Å². The van der Waals surface area contributed by atoms with E-state index in [1.54, 1.807) is 0 Å². The van der Waals surface area contributed by atoms with Gasteiger partial charge in [-0.25, -0.2) is 13.2 Å². The van der Waals surface area contributed by atoms with Crippen molar-refractivity contribution in [3.8, 4) is 5.75 Å². The Hall–Kier alpha value is -1.04. The Kier molecular flexibility index (Phi) is 7.83. The zero-order chi connectivity index (χ0) is 20.1. The fourth-order valence-corrected chi connectivity index (χ4v) is 8.85. The monoisotopic (exact) mass is 416 g/mol. The van der Waals surface area contributed by atoms with Crippen LogP contribution in [0, 0.1) is 23.5 Å². The minimum atomic E-state index is -2.35. The summed E-state index contributed by atoms with van der Waals surface area (Å²) < 4.78 is 58.0. The lowest BCUT2D eigenvalue weighted by atomic mass is 9.72. The molecule has 2 aliphatic rings. The third-order valence-electron chi connectivity index (χ3n) is 6.89. The molecule has 0 amide bonds. The standard InChI is InChI=1S/C22H32F4OSi/c1-2-9-28-10-7-17(8-11-28)15-3-5-16(6-4-15)18-12-19(24)22(20(25)13-18)27-21(26)14-23/h12-13,15-17,21,28H,2-11,14H2,1H3. The molecular formula is C22H32F4OSi. The maximum Gasteiger partial charge on any atom is 0.266 e. The van der Waals surface area contributed by atoms with E-state index in [2.05, 4.69) is 11.7 Å². The highest BCUT2D eigenvalue weighted by atomic mass is 28.3. The minimum absolute atomic E-state index is 0.127. The predicted molar refractivity (Wildman–Crippen MR) is 107 cm³/mol. The summed E-state index contributed by atoms with van der Waals surface area (Å²) in [6.45, 7) is 0.856. The van der Waals surface area contributed by atoms with Crippen molar-refractivity contribution in [3.63, 3.8) is 0 Å². The Labute approximate surface area is 167 Å². The molecule has 0 radical (unpaired) electrons. The molecule has 2 fully saturated rings. The second-order valence-electron chi connectivity index (χ2n) is 8.68. The summed E-state index contributed by atoms with van der Waals surface area (Å²) in [5, 5.41) is 0. The Balaban J connectivity index is 1.55. The zero-order valence-electron chi connectivity index (χ0n) is 16.7. The molecule has 1 aromatic carbocycles. The molecule has 1 saturated carbocycles. The molecule has 1 atom stereocenters. The summed E-state index contributed by atoms with van der Waals surface area (Å²) in [6, 6.07) is 6.94. The smallest absolute Gasteiger partial charge is 0.266 e. The van der Waals surface area contributed by atoms with Crippen LogP contribution in [0.3, 0.4) is 0 Å². The van der Waals surface area contributed by atoms with Crippen molar-refractivity contribution in [2.75, 3.05) is 6.67 Å². The fraction of sp³-hybridized carbons (Fsp3) is 0.727. The van der Waals surface area contributed by atoms with Gasteiger partial charge in [0, 0.05) is 8.80 Å². The molecule has 0 spiro atoms. The van der Waals surface area contributed by atoms with Gasteiger partial charge in [-0.3, -0.25) is 0 Å². The summed E-state index contributed by atoms with van der Waals surface area (Å²) >= 11 is 0. The number of rotatable bonds is 7. The largest absolute Gasteiger partial charge is 0.451 e. The van der Waals surface area contributed by atoms with Crippen molar-refractivity contribution in [1.29, 1.82) is 0 Å². The van der Waals surface area contributed by atoms with E-state index < -0.39 is 39.2 Å². The van der Waals surface area contributed by atoms with Crippen LogP contribution in [0.2, 0.25) is 18.1 Å². The van der Waals surface area contributed by atoms with Crippen molar-refractivity contribution in [2.24, 2.45) is 11.8 Å². The van der Waals surface area contributed by atoms with Crippen LogP contribution in [0.1, 0.15) is 63.4 Å². The van der Waals surface area contributed by atoms with Crippen LogP contribution in [0.15, 0.2) is 12.1 Å². The van der Waals surface area contributed by atoms with Gasteiger partial charge in [0.25, 0.3) is 6.36 Å². The Morgan fingerprint density at radius 1 is 1.00 bits per heavy atom. The summed E-state index contributed by atoms with van der Waals surface area (Å²) in [6.07, 6.45) is 5.88. The molecule has 0 aromatic heterocycles. The van der Waals surface area contributed by atoms with Gasteiger partial charge < -0.3 is 4.74 Å². The molecule has 1 unspecified atom stereocenters. The normalized spacial score (nSPS) is 29.5. The lowest BCUT2D eigenvalue weighted by Gasteiger charge is -2.37. The molecular weight excluding hydrogens is 384 g/mol. The van der Waals surface area contributed by atoms with Crippen LogP contribution in [0.4, 0.5) is 17.6 Å². The van der Waals surface area contributed by atoms with Gasteiger partial charge in [-0.1, -0.05) is 44.3 Å². The van der Waals surface area contributed by atoms with Gasteiger partial charge in [0.1, 0.15) is 0 Å². The zero-order valence-corrected chi connectivity index (χ0v) is 17.9. The first kappa shape index (κ1) is 21.7. The molecule has 28 heavy (non-hydrogen) atoms. The molecule has 1 aliphatic carbocycles.